The minimum absolute atomic E-state index is 0.0560. The number of anilines is 1. The molecule has 0 spiro atoms. The summed E-state index contributed by atoms with van der Waals surface area (Å²) in [5.41, 5.74) is 1.80. The second-order valence-electron chi connectivity index (χ2n) is 8.73. The van der Waals surface area contributed by atoms with Crippen molar-refractivity contribution in [2.45, 2.75) is 25.7 Å². The second kappa shape index (κ2) is 13.4. The highest BCUT2D eigenvalue weighted by molar-refractivity contribution is 7.80. The number of ether oxygens (including phenoxy) is 2. The van der Waals surface area contributed by atoms with Gasteiger partial charge in [0.25, 0.3) is 11.8 Å². The summed E-state index contributed by atoms with van der Waals surface area (Å²) in [5.74, 6) is 1.16. The number of hydrogen-bond donors (Lipinski definition) is 2. The van der Waals surface area contributed by atoms with Crippen LogP contribution in [0.25, 0.3) is 0 Å². The second-order valence-corrected chi connectivity index (χ2v) is 9.13. The van der Waals surface area contributed by atoms with Gasteiger partial charge in [0.1, 0.15) is 24.7 Å². The Morgan fingerprint density at radius 3 is 1.92 bits per heavy atom. The zero-order valence-corrected chi connectivity index (χ0v) is 21.5. The number of hydrogen-bond acceptors (Lipinski definition) is 5. The summed E-state index contributed by atoms with van der Waals surface area (Å²) in [6, 6.07) is 23.5. The predicted molar refractivity (Wildman–Crippen MR) is 148 cm³/mol. The maximum absolute atomic E-state index is 12.8. The molecule has 0 bridgehead atoms. The molecule has 2 amide bonds. The van der Waals surface area contributed by atoms with Crippen molar-refractivity contribution >= 4 is 34.8 Å². The van der Waals surface area contributed by atoms with E-state index in [1.807, 2.05) is 35.2 Å². The van der Waals surface area contributed by atoms with E-state index in [0.717, 1.165) is 31.7 Å². The third kappa shape index (κ3) is 8.05. The standard InChI is InChI=1S/C29H31N3O4S/c33-27(22-12-16-26(17-13-22)36-21-20-35-25-8-4-3-5-9-25)31-29(37)30-24-14-10-23(11-15-24)28(34)32-18-6-1-2-7-19-32/h3-5,8-17H,1-2,6-7,18-21H2,(H2,30,31,33,37). The van der Waals surface area contributed by atoms with Crippen LogP contribution >= 0.6 is 12.2 Å². The molecule has 3 aromatic rings. The number of nitrogens with one attached hydrogen (secondary N) is 2. The molecule has 192 valence electrons. The number of benzene rings is 3. The SMILES string of the molecule is O=C(NC(=S)Nc1ccc(C(=O)N2CCCCCC2)cc1)c1ccc(OCCOc2ccccc2)cc1. The average molecular weight is 518 g/mol. The number of likely N-dealkylation sites (tertiary alicyclic amines) is 1. The molecular weight excluding hydrogens is 486 g/mol. The number of amides is 2. The predicted octanol–water partition coefficient (Wildman–Crippen LogP) is 5.29. The topological polar surface area (TPSA) is 79.9 Å². The van der Waals surface area contributed by atoms with Crippen LogP contribution in [0.15, 0.2) is 78.9 Å². The van der Waals surface area contributed by atoms with E-state index in [4.69, 9.17) is 21.7 Å². The molecule has 4 rings (SSSR count). The van der Waals surface area contributed by atoms with Crippen molar-refractivity contribution in [3.8, 4) is 11.5 Å². The Kier molecular flexibility index (Phi) is 9.48. The normalized spacial score (nSPS) is 13.2. The molecule has 0 aliphatic carbocycles. The van der Waals surface area contributed by atoms with Gasteiger partial charge in [-0.15, -0.1) is 0 Å². The molecule has 0 atom stereocenters. The van der Waals surface area contributed by atoms with Gasteiger partial charge in [-0.3, -0.25) is 14.9 Å². The van der Waals surface area contributed by atoms with E-state index >= 15 is 0 Å². The molecule has 1 aliphatic rings. The molecule has 1 heterocycles. The molecule has 0 radical (unpaired) electrons. The highest BCUT2D eigenvalue weighted by Gasteiger charge is 2.17. The van der Waals surface area contributed by atoms with Crippen LogP contribution in [0.2, 0.25) is 0 Å². The molecular formula is C29H31N3O4S. The smallest absolute Gasteiger partial charge is 0.257 e. The van der Waals surface area contributed by atoms with Gasteiger partial charge in [-0.25, -0.2) is 0 Å². The van der Waals surface area contributed by atoms with Gasteiger partial charge in [0.2, 0.25) is 0 Å². The lowest BCUT2D eigenvalue weighted by atomic mass is 10.1. The summed E-state index contributed by atoms with van der Waals surface area (Å²) in [6.07, 6.45) is 4.47. The summed E-state index contributed by atoms with van der Waals surface area (Å²) < 4.78 is 11.3. The van der Waals surface area contributed by atoms with Crippen molar-refractivity contribution in [3.05, 3.63) is 90.0 Å². The zero-order chi connectivity index (χ0) is 25.9. The quantitative estimate of drug-likeness (QED) is 0.312. The summed E-state index contributed by atoms with van der Waals surface area (Å²) in [4.78, 5) is 27.2. The summed E-state index contributed by atoms with van der Waals surface area (Å²) in [5, 5.41) is 5.85. The van der Waals surface area contributed by atoms with Gasteiger partial charge in [0, 0.05) is 29.9 Å². The van der Waals surface area contributed by atoms with Gasteiger partial charge >= 0.3 is 0 Å². The molecule has 1 fully saturated rings. The Hall–Kier alpha value is -3.91. The lowest BCUT2D eigenvalue weighted by Gasteiger charge is -2.20. The van der Waals surface area contributed by atoms with Crippen molar-refractivity contribution in [2.75, 3.05) is 31.6 Å². The molecule has 8 heteroatoms. The summed E-state index contributed by atoms with van der Waals surface area (Å²) in [7, 11) is 0. The van der Waals surface area contributed by atoms with Crippen molar-refractivity contribution in [2.24, 2.45) is 0 Å². The van der Waals surface area contributed by atoms with E-state index in [2.05, 4.69) is 10.6 Å². The number of nitrogens with zero attached hydrogens (tertiary/aromatic N) is 1. The minimum atomic E-state index is -0.329. The van der Waals surface area contributed by atoms with Gasteiger partial charge in [0.15, 0.2) is 5.11 Å². The summed E-state index contributed by atoms with van der Waals surface area (Å²) in [6.45, 7) is 2.42. The van der Waals surface area contributed by atoms with Crippen LogP contribution in [-0.2, 0) is 0 Å². The van der Waals surface area contributed by atoms with Crippen LogP contribution in [0.3, 0.4) is 0 Å². The average Bonchev–Trinajstić information content (AvgIpc) is 3.22. The van der Waals surface area contributed by atoms with E-state index < -0.39 is 0 Å². The van der Waals surface area contributed by atoms with Crippen LogP contribution in [0.5, 0.6) is 11.5 Å². The van der Waals surface area contributed by atoms with Crippen LogP contribution in [-0.4, -0.2) is 48.1 Å². The minimum Gasteiger partial charge on any atom is -0.490 e. The highest BCUT2D eigenvalue weighted by atomic mass is 32.1. The van der Waals surface area contributed by atoms with Crippen LogP contribution in [0.4, 0.5) is 5.69 Å². The number of carbonyl (C=O) groups is 2. The molecule has 1 aliphatic heterocycles. The number of para-hydroxylation sites is 1. The first-order valence-corrected chi connectivity index (χ1v) is 12.9. The Morgan fingerprint density at radius 1 is 0.730 bits per heavy atom. The van der Waals surface area contributed by atoms with Crippen molar-refractivity contribution < 1.29 is 19.1 Å². The Balaban J connectivity index is 1.21. The molecule has 0 aromatic heterocycles. The van der Waals surface area contributed by atoms with Gasteiger partial charge in [-0.1, -0.05) is 31.0 Å². The molecule has 3 aromatic carbocycles. The first-order chi connectivity index (χ1) is 18.1. The largest absolute Gasteiger partial charge is 0.490 e. The van der Waals surface area contributed by atoms with E-state index in [1.165, 1.54) is 12.8 Å². The monoisotopic (exact) mass is 517 g/mol. The summed E-state index contributed by atoms with van der Waals surface area (Å²) >= 11 is 5.29. The fourth-order valence-electron chi connectivity index (χ4n) is 4.03. The lowest BCUT2D eigenvalue weighted by molar-refractivity contribution is 0.0761. The Morgan fingerprint density at radius 2 is 1.30 bits per heavy atom. The van der Waals surface area contributed by atoms with Crippen molar-refractivity contribution in [3.63, 3.8) is 0 Å². The fraction of sp³-hybridized carbons (Fsp3) is 0.276. The third-order valence-corrected chi connectivity index (χ3v) is 6.19. The van der Waals surface area contributed by atoms with E-state index in [-0.39, 0.29) is 16.9 Å². The first kappa shape index (κ1) is 26.2. The van der Waals surface area contributed by atoms with Gasteiger partial charge in [0.05, 0.1) is 0 Å². The van der Waals surface area contributed by atoms with Crippen LogP contribution in [0.1, 0.15) is 46.4 Å². The van der Waals surface area contributed by atoms with Crippen molar-refractivity contribution in [1.29, 1.82) is 0 Å². The van der Waals surface area contributed by atoms with E-state index in [1.54, 1.807) is 48.5 Å². The number of thiocarbonyl (C=S) groups is 1. The maximum Gasteiger partial charge on any atom is 0.257 e. The Bertz CT molecular complexity index is 1180. The van der Waals surface area contributed by atoms with Gasteiger partial charge in [-0.2, -0.15) is 0 Å². The van der Waals surface area contributed by atoms with Crippen LogP contribution in [0, 0.1) is 0 Å². The third-order valence-electron chi connectivity index (χ3n) is 5.99. The highest BCUT2D eigenvalue weighted by Crippen LogP contribution is 2.16. The number of carbonyl (C=O) groups excluding carboxylic acids is 2. The molecule has 2 N–H and O–H groups in total. The van der Waals surface area contributed by atoms with Gasteiger partial charge in [-0.05, 0) is 85.7 Å². The molecule has 0 saturated carbocycles. The molecule has 7 nitrogen and oxygen atoms in total. The van der Waals surface area contributed by atoms with Crippen LogP contribution < -0.4 is 20.1 Å². The fourth-order valence-corrected chi connectivity index (χ4v) is 4.24. The number of rotatable bonds is 8. The Labute approximate surface area is 222 Å². The van der Waals surface area contributed by atoms with E-state index in [9.17, 15) is 9.59 Å². The van der Waals surface area contributed by atoms with Crippen molar-refractivity contribution in [1.82, 2.24) is 10.2 Å². The molecule has 1 saturated heterocycles. The van der Waals surface area contributed by atoms with Gasteiger partial charge < -0.3 is 19.7 Å². The molecule has 37 heavy (non-hydrogen) atoms. The van der Waals surface area contributed by atoms with E-state index in [0.29, 0.717) is 35.8 Å². The zero-order valence-electron chi connectivity index (χ0n) is 20.7. The maximum atomic E-state index is 12.8. The molecule has 0 unspecified atom stereocenters. The first-order valence-electron chi connectivity index (χ1n) is 12.5. The lowest BCUT2D eigenvalue weighted by Crippen LogP contribution is -2.34.